The van der Waals surface area contributed by atoms with Crippen molar-refractivity contribution in [2.45, 2.75) is 80.1 Å². The molecule has 8 nitrogen and oxygen atoms in total. The molecule has 2 aromatic carbocycles. The molecule has 0 unspecified atom stereocenters. The van der Waals surface area contributed by atoms with Crippen LogP contribution in [0.5, 0.6) is 11.5 Å². The second-order valence-electron chi connectivity index (χ2n) is 8.65. The number of aryl methyl sites for hydroxylation is 4. The molecule has 0 aliphatic rings. The van der Waals surface area contributed by atoms with E-state index in [9.17, 15) is 10.2 Å². The summed E-state index contributed by atoms with van der Waals surface area (Å²) in [5.41, 5.74) is 5.96. The summed E-state index contributed by atoms with van der Waals surface area (Å²) in [5, 5.41) is 38.6. The molecule has 2 aromatic rings. The Morgan fingerprint density at radius 2 is 1.03 bits per heavy atom. The normalized spacial score (nSPS) is 10.3. The Morgan fingerprint density at radius 1 is 0.718 bits per heavy atom. The van der Waals surface area contributed by atoms with E-state index in [2.05, 4.69) is 49.8 Å². The fourth-order valence-corrected chi connectivity index (χ4v) is 3.62. The van der Waals surface area contributed by atoms with Gasteiger partial charge in [0.05, 0.1) is 13.1 Å². The molecule has 2 rings (SSSR count). The maximum atomic E-state index is 10.4. The number of hydrogen-bond acceptors (Lipinski definition) is 8. The van der Waals surface area contributed by atoms with Gasteiger partial charge < -0.3 is 30.0 Å². The van der Waals surface area contributed by atoms with Crippen LogP contribution >= 0.6 is 0 Å². The molecule has 0 aliphatic carbocycles. The first-order valence-electron chi connectivity index (χ1n) is 13.0. The minimum Gasteiger partial charge on any atom is -0.550 e. The van der Waals surface area contributed by atoms with E-state index < -0.39 is 11.9 Å². The minimum atomic E-state index is -1.08. The number of rotatable bonds is 11. The van der Waals surface area contributed by atoms with Gasteiger partial charge in [-0.1, -0.05) is 52.7 Å². The van der Waals surface area contributed by atoms with Crippen LogP contribution in [0.4, 0.5) is 0 Å². The number of carboxylic acid groups (broad SMARTS) is 2. The molecule has 1 radical (unpaired) electrons. The first-order chi connectivity index (χ1) is 18.0. The molecule has 0 saturated carbocycles. The SMILES string of the molecule is CC(=O)[O-].CC(=O)[O-].CCCc1cc(C=NCCN=Cc2cc(CCC)cc(CC)c2O)c(O)c(CC)c1.[Co+2]. The summed E-state index contributed by atoms with van der Waals surface area (Å²) < 4.78 is 0. The summed E-state index contributed by atoms with van der Waals surface area (Å²) in [7, 11) is 0. The van der Waals surface area contributed by atoms with Crippen LogP contribution in [-0.2, 0) is 52.1 Å². The van der Waals surface area contributed by atoms with Crippen molar-refractivity contribution in [1.29, 1.82) is 0 Å². The zero-order chi connectivity index (χ0) is 29.1. The predicted molar refractivity (Wildman–Crippen MR) is 149 cm³/mol. The van der Waals surface area contributed by atoms with E-state index >= 15 is 0 Å². The van der Waals surface area contributed by atoms with Gasteiger partial charge in [-0.3, -0.25) is 9.98 Å². The van der Waals surface area contributed by atoms with Crippen molar-refractivity contribution in [1.82, 2.24) is 0 Å². The Morgan fingerprint density at radius 3 is 1.28 bits per heavy atom. The van der Waals surface area contributed by atoms with E-state index in [1.807, 2.05) is 12.1 Å². The first-order valence-corrected chi connectivity index (χ1v) is 13.0. The number of carbonyl (C=O) groups is 2. The van der Waals surface area contributed by atoms with Crippen molar-refractivity contribution >= 4 is 24.4 Å². The second kappa shape index (κ2) is 21.7. The van der Waals surface area contributed by atoms with E-state index in [-0.39, 0.29) is 16.8 Å². The number of nitrogens with zero attached hydrogens (tertiary/aromatic N) is 2. The average Bonchev–Trinajstić information content (AvgIpc) is 2.84. The molecule has 0 amide bonds. The molecular weight excluding hydrogens is 543 g/mol. The van der Waals surface area contributed by atoms with Gasteiger partial charge >= 0.3 is 16.8 Å². The van der Waals surface area contributed by atoms with Crippen molar-refractivity contribution in [2.75, 3.05) is 13.1 Å². The quantitative estimate of drug-likeness (QED) is 0.306. The van der Waals surface area contributed by atoms with Crippen molar-refractivity contribution in [3.05, 3.63) is 57.6 Å². The smallest absolute Gasteiger partial charge is 0.550 e. The monoisotopic (exact) mass is 585 g/mol. The summed E-state index contributed by atoms with van der Waals surface area (Å²) in [6.45, 7) is 11.4. The second-order valence-corrected chi connectivity index (χ2v) is 8.65. The molecule has 0 bridgehead atoms. The van der Waals surface area contributed by atoms with Gasteiger partial charge in [-0.15, -0.1) is 0 Å². The predicted octanol–water partition coefficient (Wildman–Crippen LogP) is 3.18. The van der Waals surface area contributed by atoms with Gasteiger partial charge in [0.25, 0.3) is 0 Å². The average molecular weight is 586 g/mol. The maximum absolute atomic E-state index is 10.4. The minimum absolute atomic E-state index is 0. The summed E-state index contributed by atoms with van der Waals surface area (Å²) >= 11 is 0. The van der Waals surface area contributed by atoms with Crippen LogP contribution in [0, 0.1) is 0 Å². The number of phenolic OH excluding ortho intramolecular Hbond substituents is 2. The number of benzene rings is 2. The van der Waals surface area contributed by atoms with Gasteiger partial charge in [0.2, 0.25) is 0 Å². The fourth-order valence-electron chi connectivity index (χ4n) is 3.62. The third-order valence-electron chi connectivity index (χ3n) is 5.21. The van der Waals surface area contributed by atoms with Gasteiger partial charge in [0, 0.05) is 35.5 Å². The van der Waals surface area contributed by atoms with Crippen molar-refractivity contribution in [2.24, 2.45) is 9.98 Å². The van der Waals surface area contributed by atoms with Crippen LogP contribution in [0.2, 0.25) is 0 Å². The molecule has 0 spiro atoms. The molecule has 0 atom stereocenters. The third-order valence-corrected chi connectivity index (χ3v) is 5.21. The van der Waals surface area contributed by atoms with Crippen LogP contribution in [0.25, 0.3) is 0 Å². The number of carbonyl (C=O) groups excluding carboxylic acids is 2. The maximum Gasteiger partial charge on any atom is 2.00 e. The number of aliphatic carboxylic acids is 2. The molecule has 217 valence electrons. The summed E-state index contributed by atoms with van der Waals surface area (Å²) in [4.78, 5) is 26.7. The topological polar surface area (TPSA) is 145 Å². The van der Waals surface area contributed by atoms with Gasteiger partial charge in [0.15, 0.2) is 0 Å². The van der Waals surface area contributed by atoms with Crippen molar-refractivity contribution in [3.63, 3.8) is 0 Å². The van der Waals surface area contributed by atoms with Crippen LogP contribution in [-0.4, -0.2) is 47.7 Å². The Bertz CT molecular complexity index is 990. The molecular formula is C30H42CoN2O6. The van der Waals surface area contributed by atoms with Gasteiger partial charge in [-0.05, 0) is 73.9 Å². The van der Waals surface area contributed by atoms with Crippen LogP contribution in [0.1, 0.15) is 87.8 Å². The number of phenols is 2. The third kappa shape index (κ3) is 16.4. The van der Waals surface area contributed by atoms with Gasteiger partial charge in [-0.2, -0.15) is 0 Å². The van der Waals surface area contributed by atoms with Crippen LogP contribution in [0.3, 0.4) is 0 Å². The van der Waals surface area contributed by atoms with Crippen LogP contribution in [0.15, 0.2) is 34.3 Å². The first kappa shape index (κ1) is 38.0. The number of hydrogen-bond donors (Lipinski definition) is 2. The number of aromatic hydroxyl groups is 2. The molecule has 0 aliphatic heterocycles. The zero-order valence-electron chi connectivity index (χ0n) is 23.9. The summed E-state index contributed by atoms with van der Waals surface area (Å²) in [5.74, 6) is -1.51. The molecule has 2 N–H and O–H groups in total. The number of aliphatic imine (C=N–C) groups is 2. The van der Waals surface area contributed by atoms with Gasteiger partial charge in [0.1, 0.15) is 11.5 Å². The van der Waals surface area contributed by atoms with E-state index in [4.69, 9.17) is 19.8 Å². The van der Waals surface area contributed by atoms with E-state index in [1.165, 1.54) is 11.1 Å². The fraction of sp³-hybridized carbons (Fsp3) is 0.467. The van der Waals surface area contributed by atoms with E-state index in [0.29, 0.717) is 24.6 Å². The van der Waals surface area contributed by atoms with Crippen molar-refractivity contribution in [3.8, 4) is 11.5 Å². The van der Waals surface area contributed by atoms with E-state index in [1.54, 1.807) is 12.4 Å². The standard InChI is InChI=1S/C26H36N2O2.2C2H4O2.Co/c1-5-9-19-13-21(7-3)25(29)23(15-19)17-27-11-12-28-18-24-16-20(10-6-2)14-22(8-4)26(24)30;2*1-2(3)4;/h13-18,29-30H,5-12H2,1-4H3;2*1H3,(H,3,4);/q;;;+2/p-2. The molecule has 0 saturated heterocycles. The molecule has 39 heavy (non-hydrogen) atoms. The number of carboxylic acids is 2. The Balaban J connectivity index is 0. The Hall–Kier alpha value is -3.17. The molecule has 0 heterocycles. The van der Waals surface area contributed by atoms with Crippen LogP contribution < -0.4 is 10.2 Å². The molecule has 0 aromatic heterocycles. The summed E-state index contributed by atoms with van der Waals surface area (Å²) in [6, 6.07) is 8.22. The Labute approximate surface area is 243 Å². The molecule has 0 fully saturated rings. The largest absolute Gasteiger partial charge is 2.00 e. The van der Waals surface area contributed by atoms with Gasteiger partial charge in [-0.25, -0.2) is 0 Å². The van der Waals surface area contributed by atoms with Crippen molar-refractivity contribution < 1.29 is 46.8 Å². The zero-order valence-corrected chi connectivity index (χ0v) is 24.9. The molecule has 9 heteroatoms. The van der Waals surface area contributed by atoms with E-state index in [0.717, 1.165) is 74.6 Å². The summed E-state index contributed by atoms with van der Waals surface area (Å²) in [6.07, 6.45) is 9.24. The Kier molecular flexibility index (Phi) is 21.2.